The molecule has 0 aromatic heterocycles. The van der Waals surface area contributed by atoms with E-state index in [-0.39, 0.29) is 18.1 Å². The molecule has 0 aliphatic carbocycles. The van der Waals surface area contributed by atoms with Crippen molar-refractivity contribution in [2.75, 3.05) is 27.2 Å². The van der Waals surface area contributed by atoms with E-state index in [4.69, 9.17) is 0 Å². The van der Waals surface area contributed by atoms with E-state index in [9.17, 15) is 4.79 Å². The van der Waals surface area contributed by atoms with Crippen LogP contribution in [0.1, 0.15) is 31.1 Å². The summed E-state index contributed by atoms with van der Waals surface area (Å²) < 4.78 is 0. The molecule has 1 heterocycles. The van der Waals surface area contributed by atoms with E-state index in [1.165, 1.54) is 11.1 Å². The Bertz CT molecular complexity index is 499. The summed E-state index contributed by atoms with van der Waals surface area (Å²) in [4.78, 5) is 16.8. The van der Waals surface area contributed by atoms with Gasteiger partial charge in [-0.25, -0.2) is 0 Å². The maximum atomic E-state index is 12.7. The predicted molar refractivity (Wildman–Crippen MR) is 85.9 cm³/mol. The molecule has 2 rings (SSSR count). The molecule has 0 saturated carbocycles. The Morgan fingerprint density at radius 1 is 1.33 bits per heavy atom. The van der Waals surface area contributed by atoms with Gasteiger partial charge in [-0.05, 0) is 32.5 Å². The Hall–Kier alpha value is -1.39. The second-order valence-corrected chi connectivity index (χ2v) is 6.54. The maximum Gasteiger partial charge on any atom is 0.241 e. The summed E-state index contributed by atoms with van der Waals surface area (Å²) in [6, 6.07) is 8.32. The first-order valence-electron chi connectivity index (χ1n) is 7.68. The third-order valence-corrected chi connectivity index (χ3v) is 4.01. The molecule has 4 heteroatoms. The van der Waals surface area contributed by atoms with Crippen molar-refractivity contribution in [3.63, 3.8) is 0 Å². The van der Waals surface area contributed by atoms with E-state index >= 15 is 0 Å². The number of carbonyl (C=O) groups is 1. The van der Waals surface area contributed by atoms with Crippen molar-refractivity contribution in [2.45, 2.75) is 33.0 Å². The van der Waals surface area contributed by atoms with Crippen molar-refractivity contribution in [2.24, 2.45) is 5.92 Å². The van der Waals surface area contributed by atoms with Crippen molar-refractivity contribution < 1.29 is 4.79 Å². The van der Waals surface area contributed by atoms with Gasteiger partial charge in [0.1, 0.15) is 6.17 Å². The average Bonchev–Trinajstić information content (AvgIpc) is 2.73. The lowest BCUT2D eigenvalue weighted by molar-refractivity contribution is -0.131. The van der Waals surface area contributed by atoms with Gasteiger partial charge in [0.2, 0.25) is 5.91 Å². The Morgan fingerprint density at radius 2 is 2.05 bits per heavy atom. The van der Waals surface area contributed by atoms with Crippen LogP contribution in [-0.4, -0.2) is 48.9 Å². The van der Waals surface area contributed by atoms with Gasteiger partial charge in [-0.1, -0.05) is 43.7 Å². The second kappa shape index (κ2) is 6.58. The van der Waals surface area contributed by atoms with E-state index in [1.807, 2.05) is 19.0 Å². The van der Waals surface area contributed by atoms with Gasteiger partial charge in [0, 0.05) is 13.1 Å². The topological polar surface area (TPSA) is 35.6 Å². The van der Waals surface area contributed by atoms with Crippen LogP contribution in [-0.2, 0) is 4.79 Å². The van der Waals surface area contributed by atoms with Crippen LogP contribution in [0.2, 0.25) is 0 Å². The van der Waals surface area contributed by atoms with Crippen molar-refractivity contribution in [3.8, 4) is 0 Å². The molecule has 0 bridgehead atoms. The van der Waals surface area contributed by atoms with Crippen LogP contribution in [0, 0.1) is 12.8 Å². The number of hydrogen-bond donors (Lipinski definition) is 1. The minimum Gasteiger partial charge on any atom is -0.320 e. The van der Waals surface area contributed by atoms with Gasteiger partial charge in [0.25, 0.3) is 0 Å². The number of amides is 1. The fourth-order valence-corrected chi connectivity index (χ4v) is 2.78. The van der Waals surface area contributed by atoms with Crippen molar-refractivity contribution in [1.82, 2.24) is 15.1 Å². The summed E-state index contributed by atoms with van der Waals surface area (Å²) in [5.74, 6) is 0.521. The number of nitrogens with one attached hydrogen (secondary N) is 1. The molecule has 2 atom stereocenters. The Kier molecular flexibility index (Phi) is 5.01. The van der Waals surface area contributed by atoms with E-state index in [0.717, 1.165) is 13.1 Å². The predicted octanol–water partition coefficient (Wildman–Crippen LogP) is 2.01. The highest BCUT2D eigenvalue weighted by Gasteiger charge is 2.40. The van der Waals surface area contributed by atoms with E-state index in [2.05, 4.69) is 55.3 Å². The quantitative estimate of drug-likeness (QED) is 0.901. The first-order valence-corrected chi connectivity index (χ1v) is 7.68. The number of hydrogen-bond acceptors (Lipinski definition) is 3. The zero-order valence-electron chi connectivity index (χ0n) is 13.8. The highest BCUT2D eigenvalue weighted by Crippen LogP contribution is 2.28. The molecular weight excluding hydrogens is 262 g/mol. The molecule has 4 nitrogen and oxygen atoms in total. The normalized spacial score (nSPS) is 22.6. The molecule has 1 saturated heterocycles. The van der Waals surface area contributed by atoms with Crippen LogP contribution in [0.5, 0.6) is 0 Å². The first-order chi connectivity index (χ1) is 9.90. The molecule has 1 amide bonds. The Balaban J connectivity index is 2.25. The van der Waals surface area contributed by atoms with Gasteiger partial charge in [0.05, 0.1) is 6.04 Å². The summed E-state index contributed by atoms with van der Waals surface area (Å²) >= 11 is 0. The third-order valence-electron chi connectivity index (χ3n) is 4.01. The smallest absolute Gasteiger partial charge is 0.241 e. The lowest BCUT2D eigenvalue weighted by Crippen LogP contribution is -2.37. The fourth-order valence-electron chi connectivity index (χ4n) is 2.78. The SMILES string of the molecule is Cc1cccc(C2NC(C(C)C)C(=O)N2CCN(C)C)c1. The second-order valence-electron chi connectivity index (χ2n) is 6.54. The van der Waals surface area contributed by atoms with Crippen molar-refractivity contribution in [3.05, 3.63) is 35.4 Å². The molecule has 1 fully saturated rings. The minimum absolute atomic E-state index is 0.00949. The molecule has 2 unspecified atom stereocenters. The van der Waals surface area contributed by atoms with E-state index < -0.39 is 0 Å². The molecule has 0 radical (unpaired) electrons. The molecule has 1 aromatic carbocycles. The number of aryl methyl sites for hydroxylation is 1. The molecule has 1 aliphatic heterocycles. The number of rotatable bonds is 5. The number of carbonyl (C=O) groups excluding carboxylic acids is 1. The van der Waals surface area contributed by atoms with Crippen LogP contribution in [0.4, 0.5) is 0 Å². The van der Waals surface area contributed by atoms with Crippen LogP contribution in [0.3, 0.4) is 0 Å². The number of nitrogens with zero attached hydrogens (tertiary/aromatic N) is 2. The highest BCUT2D eigenvalue weighted by atomic mass is 16.2. The van der Waals surface area contributed by atoms with Gasteiger partial charge in [-0.2, -0.15) is 0 Å². The van der Waals surface area contributed by atoms with E-state index in [1.54, 1.807) is 0 Å². The van der Waals surface area contributed by atoms with Gasteiger partial charge in [-0.3, -0.25) is 10.1 Å². The van der Waals surface area contributed by atoms with Gasteiger partial charge in [0.15, 0.2) is 0 Å². The zero-order chi connectivity index (χ0) is 15.6. The maximum absolute atomic E-state index is 12.7. The van der Waals surface area contributed by atoms with Crippen LogP contribution in [0.15, 0.2) is 24.3 Å². The van der Waals surface area contributed by atoms with Gasteiger partial charge in [-0.15, -0.1) is 0 Å². The Labute approximate surface area is 128 Å². The summed E-state index contributed by atoms with van der Waals surface area (Å²) in [6.07, 6.45) is -0.00949. The monoisotopic (exact) mass is 289 g/mol. The molecule has 1 aliphatic rings. The molecule has 1 N–H and O–H groups in total. The number of likely N-dealkylation sites (N-methyl/N-ethyl adjacent to an activating group) is 1. The molecule has 1 aromatic rings. The first kappa shape index (κ1) is 16.0. The standard InChI is InChI=1S/C17H27N3O/c1-12(2)15-17(21)20(10-9-19(4)5)16(18-15)14-8-6-7-13(3)11-14/h6-8,11-12,15-16,18H,9-10H2,1-5H3. The van der Waals surface area contributed by atoms with E-state index in [0.29, 0.717) is 5.92 Å². The minimum atomic E-state index is -0.0855. The van der Waals surface area contributed by atoms with Crippen molar-refractivity contribution >= 4 is 5.91 Å². The zero-order valence-corrected chi connectivity index (χ0v) is 13.8. The summed E-state index contributed by atoms with van der Waals surface area (Å²) in [5, 5.41) is 3.52. The fraction of sp³-hybridized carbons (Fsp3) is 0.588. The Morgan fingerprint density at radius 3 is 2.62 bits per heavy atom. The summed E-state index contributed by atoms with van der Waals surface area (Å²) in [7, 11) is 4.07. The average molecular weight is 289 g/mol. The third kappa shape index (κ3) is 3.63. The molecule has 0 spiro atoms. The summed E-state index contributed by atoms with van der Waals surface area (Å²) in [6.45, 7) is 7.90. The van der Waals surface area contributed by atoms with Gasteiger partial charge < -0.3 is 9.80 Å². The van der Waals surface area contributed by atoms with Crippen LogP contribution < -0.4 is 5.32 Å². The molecule has 21 heavy (non-hydrogen) atoms. The summed E-state index contributed by atoms with van der Waals surface area (Å²) in [5.41, 5.74) is 2.40. The number of benzene rings is 1. The lowest BCUT2D eigenvalue weighted by atomic mass is 10.0. The largest absolute Gasteiger partial charge is 0.320 e. The van der Waals surface area contributed by atoms with Crippen molar-refractivity contribution in [1.29, 1.82) is 0 Å². The molecular formula is C17H27N3O. The van der Waals surface area contributed by atoms with Crippen LogP contribution in [0.25, 0.3) is 0 Å². The highest BCUT2D eigenvalue weighted by molar-refractivity contribution is 5.84. The van der Waals surface area contributed by atoms with Crippen LogP contribution >= 0.6 is 0 Å². The van der Waals surface area contributed by atoms with Gasteiger partial charge >= 0.3 is 0 Å². The molecule has 116 valence electrons. The lowest BCUT2D eigenvalue weighted by Gasteiger charge is -2.26.